The number of ether oxygens (including phenoxy) is 1. The van der Waals surface area contributed by atoms with E-state index in [-0.39, 0.29) is 30.5 Å². The van der Waals surface area contributed by atoms with Gasteiger partial charge in [-0.3, -0.25) is 4.79 Å². The predicted molar refractivity (Wildman–Crippen MR) is 98.5 cm³/mol. The molecular formula is C19H23ClN2O2. The van der Waals surface area contributed by atoms with Crippen LogP contribution < -0.4 is 5.73 Å². The van der Waals surface area contributed by atoms with E-state index in [4.69, 9.17) is 10.5 Å². The number of halogens is 1. The van der Waals surface area contributed by atoms with Gasteiger partial charge in [-0.1, -0.05) is 36.4 Å². The number of morpholine rings is 1. The molecule has 1 heterocycles. The molecule has 0 spiro atoms. The fraction of sp³-hybridized carbons (Fsp3) is 0.316. The van der Waals surface area contributed by atoms with Crippen molar-refractivity contribution in [3.63, 3.8) is 0 Å². The number of amides is 1. The second kappa shape index (κ2) is 7.69. The Balaban J connectivity index is 0.00000208. The van der Waals surface area contributed by atoms with Gasteiger partial charge >= 0.3 is 0 Å². The van der Waals surface area contributed by atoms with Crippen molar-refractivity contribution < 1.29 is 9.53 Å². The molecule has 4 nitrogen and oxygen atoms in total. The number of hydrogen-bond acceptors (Lipinski definition) is 3. The van der Waals surface area contributed by atoms with Crippen LogP contribution in [0.3, 0.4) is 0 Å². The number of nitrogen functional groups attached to an aromatic ring is 1. The SMILES string of the molecule is Cc1ccc(N)cc1C(=O)N1CC(C)OCC1c1ccccc1.Cl. The van der Waals surface area contributed by atoms with E-state index in [0.29, 0.717) is 24.4 Å². The van der Waals surface area contributed by atoms with Crippen LogP contribution in [0.5, 0.6) is 0 Å². The lowest BCUT2D eigenvalue weighted by molar-refractivity contribution is -0.0447. The molecular weight excluding hydrogens is 324 g/mol. The van der Waals surface area contributed by atoms with Crippen molar-refractivity contribution in [3.05, 3.63) is 65.2 Å². The lowest BCUT2D eigenvalue weighted by Crippen LogP contribution is -2.47. The average molecular weight is 347 g/mol. The standard InChI is InChI=1S/C19H22N2O2.ClH/c1-13-8-9-16(20)10-17(13)19(22)21-11-14(2)23-12-18(21)15-6-4-3-5-7-15;/h3-10,14,18H,11-12,20H2,1-2H3;1H. The van der Waals surface area contributed by atoms with Crippen molar-refractivity contribution in [2.75, 3.05) is 18.9 Å². The summed E-state index contributed by atoms with van der Waals surface area (Å²) in [6.07, 6.45) is 0.0280. The molecule has 1 aliphatic heterocycles. The molecule has 0 aliphatic carbocycles. The lowest BCUT2D eigenvalue weighted by atomic mass is 10.0. The van der Waals surface area contributed by atoms with E-state index < -0.39 is 0 Å². The lowest BCUT2D eigenvalue weighted by Gasteiger charge is -2.39. The van der Waals surface area contributed by atoms with Crippen LogP contribution in [0.25, 0.3) is 0 Å². The first-order valence-corrected chi connectivity index (χ1v) is 7.90. The molecule has 1 amide bonds. The number of aryl methyl sites for hydroxylation is 1. The number of benzene rings is 2. The molecule has 0 saturated carbocycles. The van der Waals surface area contributed by atoms with Gasteiger partial charge in [0.15, 0.2) is 0 Å². The van der Waals surface area contributed by atoms with Crippen LogP contribution in [0, 0.1) is 6.92 Å². The molecule has 2 N–H and O–H groups in total. The number of anilines is 1. The average Bonchev–Trinajstić information content (AvgIpc) is 2.57. The third-order valence-electron chi connectivity index (χ3n) is 4.31. The number of nitrogens with two attached hydrogens (primary N) is 1. The number of carbonyl (C=O) groups is 1. The molecule has 1 fully saturated rings. The van der Waals surface area contributed by atoms with Crippen LogP contribution in [0.2, 0.25) is 0 Å². The zero-order valence-corrected chi connectivity index (χ0v) is 14.8. The van der Waals surface area contributed by atoms with Crippen molar-refractivity contribution >= 4 is 24.0 Å². The first-order valence-electron chi connectivity index (χ1n) is 7.90. The Bertz CT molecular complexity index is 706. The van der Waals surface area contributed by atoms with Crippen molar-refractivity contribution in [2.45, 2.75) is 26.0 Å². The fourth-order valence-corrected chi connectivity index (χ4v) is 3.00. The van der Waals surface area contributed by atoms with Crippen LogP contribution in [-0.4, -0.2) is 30.1 Å². The van der Waals surface area contributed by atoms with Crippen LogP contribution in [0.15, 0.2) is 48.5 Å². The highest BCUT2D eigenvalue weighted by atomic mass is 35.5. The minimum Gasteiger partial charge on any atom is -0.399 e. The monoisotopic (exact) mass is 346 g/mol. The Labute approximate surface area is 149 Å². The molecule has 24 heavy (non-hydrogen) atoms. The van der Waals surface area contributed by atoms with Crippen LogP contribution >= 0.6 is 12.4 Å². The van der Waals surface area contributed by atoms with E-state index in [9.17, 15) is 4.79 Å². The summed E-state index contributed by atoms with van der Waals surface area (Å²) in [7, 11) is 0. The summed E-state index contributed by atoms with van der Waals surface area (Å²) in [6.45, 7) is 5.02. The molecule has 2 aromatic carbocycles. The Morgan fingerprint density at radius 1 is 1.21 bits per heavy atom. The van der Waals surface area contributed by atoms with Gasteiger partial charge in [0, 0.05) is 17.8 Å². The van der Waals surface area contributed by atoms with E-state index in [1.54, 1.807) is 6.07 Å². The van der Waals surface area contributed by atoms with E-state index in [2.05, 4.69) is 0 Å². The molecule has 2 atom stereocenters. The van der Waals surface area contributed by atoms with Crippen LogP contribution in [0.1, 0.15) is 34.5 Å². The molecule has 2 aromatic rings. The maximum Gasteiger partial charge on any atom is 0.254 e. The van der Waals surface area contributed by atoms with E-state index in [1.165, 1.54) is 0 Å². The molecule has 3 rings (SSSR count). The van der Waals surface area contributed by atoms with Gasteiger partial charge in [-0.15, -0.1) is 12.4 Å². The maximum absolute atomic E-state index is 13.1. The van der Waals surface area contributed by atoms with Gasteiger partial charge in [-0.25, -0.2) is 0 Å². The molecule has 2 unspecified atom stereocenters. The predicted octanol–water partition coefficient (Wildman–Crippen LogP) is 3.60. The Kier molecular flexibility index (Phi) is 5.86. The molecule has 0 bridgehead atoms. The summed E-state index contributed by atoms with van der Waals surface area (Å²) in [4.78, 5) is 15.0. The molecule has 0 radical (unpaired) electrons. The quantitative estimate of drug-likeness (QED) is 0.845. The molecule has 1 saturated heterocycles. The normalized spacial score (nSPS) is 20.3. The van der Waals surface area contributed by atoms with Crippen molar-refractivity contribution in [2.24, 2.45) is 0 Å². The van der Waals surface area contributed by atoms with Crippen molar-refractivity contribution in [1.29, 1.82) is 0 Å². The molecule has 5 heteroatoms. The first kappa shape index (κ1) is 18.3. The van der Waals surface area contributed by atoms with Gasteiger partial charge < -0.3 is 15.4 Å². The van der Waals surface area contributed by atoms with Crippen LogP contribution in [0.4, 0.5) is 5.69 Å². The van der Waals surface area contributed by atoms with E-state index >= 15 is 0 Å². The van der Waals surface area contributed by atoms with Crippen molar-refractivity contribution in [1.82, 2.24) is 4.90 Å². The minimum absolute atomic E-state index is 0. The van der Waals surface area contributed by atoms with Gasteiger partial charge in [-0.2, -0.15) is 0 Å². The minimum atomic E-state index is -0.0688. The van der Waals surface area contributed by atoms with Gasteiger partial charge in [0.25, 0.3) is 5.91 Å². The maximum atomic E-state index is 13.1. The number of nitrogens with zero attached hydrogens (tertiary/aromatic N) is 1. The van der Waals surface area contributed by atoms with Gasteiger partial charge in [-0.05, 0) is 37.1 Å². The molecule has 1 aliphatic rings. The topological polar surface area (TPSA) is 55.6 Å². The largest absolute Gasteiger partial charge is 0.399 e. The Hall–Kier alpha value is -2.04. The number of carbonyl (C=O) groups excluding carboxylic acids is 1. The highest BCUT2D eigenvalue weighted by Crippen LogP contribution is 2.29. The van der Waals surface area contributed by atoms with Crippen molar-refractivity contribution in [3.8, 4) is 0 Å². The summed E-state index contributed by atoms with van der Waals surface area (Å²) in [5.41, 5.74) is 9.18. The summed E-state index contributed by atoms with van der Waals surface area (Å²) in [6, 6.07) is 15.4. The summed E-state index contributed by atoms with van der Waals surface area (Å²) >= 11 is 0. The fourth-order valence-electron chi connectivity index (χ4n) is 3.00. The molecule has 128 valence electrons. The summed E-state index contributed by atoms with van der Waals surface area (Å²) < 4.78 is 5.80. The van der Waals surface area contributed by atoms with E-state index in [1.807, 2.05) is 61.2 Å². The molecule has 0 aromatic heterocycles. The first-order chi connectivity index (χ1) is 11.1. The van der Waals surface area contributed by atoms with Gasteiger partial charge in [0.2, 0.25) is 0 Å². The smallest absolute Gasteiger partial charge is 0.254 e. The number of hydrogen-bond donors (Lipinski definition) is 1. The van der Waals surface area contributed by atoms with Gasteiger partial charge in [0.1, 0.15) is 0 Å². The zero-order valence-electron chi connectivity index (χ0n) is 13.9. The highest BCUT2D eigenvalue weighted by Gasteiger charge is 2.32. The Morgan fingerprint density at radius 3 is 2.62 bits per heavy atom. The highest BCUT2D eigenvalue weighted by molar-refractivity contribution is 5.96. The zero-order chi connectivity index (χ0) is 16.4. The summed E-state index contributed by atoms with van der Waals surface area (Å²) in [5, 5.41) is 0. The second-order valence-corrected chi connectivity index (χ2v) is 6.10. The van der Waals surface area contributed by atoms with Crippen LogP contribution in [-0.2, 0) is 4.74 Å². The van der Waals surface area contributed by atoms with E-state index in [0.717, 1.165) is 11.1 Å². The third-order valence-corrected chi connectivity index (χ3v) is 4.31. The second-order valence-electron chi connectivity index (χ2n) is 6.10. The van der Waals surface area contributed by atoms with Gasteiger partial charge in [0.05, 0.1) is 18.8 Å². The Morgan fingerprint density at radius 2 is 1.92 bits per heavy atom. The number of rotatable bonds is 2. The summed E-state index contributed by atoms with van der Waals surface area (Å²) in [5.74, 6) is 0.0128. The third kappa shape index (κ3) is 3.71.